The van der Waals surface area contributed by atoms with Crippen LogP contribution in [0, 0.1) is 5.92 Å². The number of nitrogens with one attached hydrogen (secondary N) is 1. The number of rotatable bonds is 5. The first-order valence-corrected chi connectivity index (χ1v) is 11.3. The molecule has 0 bridgehead atoms. The highest BCUT2D eigenvalue weighted by Crippen LogP contribution is 2.26. The van der Waals surface area contributed by atoms with Gasteiger partial charge in [0.1, 0.15) is 0 Å². The van der Waals surface area contributed by atoms with Crippen LogP contribution >= 0.6 is 0 Å². The molecule has 1 saturated carbocycles. The van der Waals surface area contributed by atoms with Gasteiger partial charge >= 0.3 is 5.69 Å². The number of nitrogens with zero attached hydrogens (tertiary/aromatic N) is 3. The molecule has 0 unspecified atom stereocenters. The lowest BCUT2D eigenvalue weighted by Crippen LogP contribution is -2.48. The molecule has 2 aromatic rings. The van der Waals surface area contributed by atoms with Gasteiger partial charge in [-0.25, -0.2) is 4.79 Å². The van der Waals surface area contributed by atoms with Crippen LogP contribution in [0.1, 0.15) is 51.4 Å². The first kappa shape index (κ1) is 20.7. The largest absolute Gasteiger partial charge is 0.353 e. The Bertz CT molecular complexity index is 962. The van der Waals surface area contributed by atoms with E-state index in [1.165, 1.54) is 19.3 Å². The van der Waals surface area contributed by atoms with E-state index in [0.29, 0.717) is 12.5 Å². The minimum absolute atomic E-state index is 0.0353. The zero-order valence-electron chi connectivity index (χ0n) is 17.8. The summed E-state index contributed by atoms with van der Waals surface area (Å²) in [6, 6.07) is 7.74. The number of hydrogen-bond donors (Lipinski definition) is 1. The maximum Gasteiger partial charge on any atom is 0.328 e. The molecule has 1 aliphatic carbocycles. The molecule has 1 saturated heterocycles. The number of carbonyl (C=O) groups excluding carboxylic acids is 2. The van der Waals surface area contributed by atoms with Crippen LogP contribution in [0.2, 0.25) is 0 Å². The molecule has 0 radical (unpaired) electrons. The smallest absolute Gasteiger partial charge is 0.328 e. The summed E-state index contributed by atoms with van der Waals surface area (Å²) in [5.41, 5.74) is 1.63. The number of imidazole rings is 1. The maximum absolute atomic E-state index is 12.7. The van der Waals surface area contributed by atoms with E-state index in [1.54, 1.807) is 16.2 Å². The van der Waals surface area contributed by atoms with Crippen LogP contribution < -0.4 is 11.0 Å². The van der Waals surface area contributed by atoms with Crippen molar-refractivity contribution in [2.75, 3.05) is 13.1 Å². The lowest BCUT2D eigenvalue weighted by atomic mass is 9.87. The molecular weight excluding hydrogens is 380 g/mol. The lowest BCUT2D eigenvalue weighted by Gasteiger charge is -2.35. The van der Waals surface area contributed by atoms with Crippen molar-refractivity contribution in [2.45, 2.75) is 64.0 Å². The highest BCUT2D eigenvalue weighted by Gasteiger charge is 2.29. The number of fused-ring (bicyclic) bond motifs is 1. The van der Waals surface area contributed by atoms with E-state index in [1.807, 2.05) is 29.2 Å². The molecule has 7 nitrogen and oxygen atoms in total. The summed E-state index contributed by atoms with van der Waals surface area (Å²) >= 11 is 0. The maximum atomic E-state index is 12.7. The standard InChI is InChI=1S/C23H32N4O3/c1-25-19-9-5-6-10-20(19)27(23(25)30)16-13-21(28)24-18-11-14-26(15-12-18)22(29)17-7-3-2-4-8-17/h5-6,9-10,17-18H,2-4,7-8,11-16H2,1H3,(H,24,28). The van der Waals surface area contributed by atoms with Crippen LogP contribution in [0.5, 0.6) is 0 Å². The molecule has 1 aromatic heterocycles. The minimum atomic E-state index is -0.0986. The third-order valence-corrected chi connectivity index (χ3v) is 6.74. The van der Waals surface area contributed by atoms with E-state index in [2.05, 4.69) is 5.32 Å². The van der Waals surface area contributed by atoms with Gasteiger partial charge in [0.05, 0.1) is 11.0 Å². The number of hydrogen-bond acceptors (Lipinski definition) is 3. The van der Waals surface area contributed by atoms with Gasteiger partial charge in [-0.15, -0.1) is 0 Å². The van der Waals surface area contributed by atoms with Crippen molar-refractivity contribution in [3.8, 4) is 0 Å². The van der Waals surface area contributed by atoms with E-state index < -0.39 is 0 Å². The monoisotopic (exact) mass is 412 g/mol. The van der Waals surface area contributed by atoms with Gasteiger partial charge in [0, 0.05) is 45.1 Å². The molecule has 0 spiro atoms. The van der Waals surface area contributed by atoms with Crippen LogP contribution in [-0.4, -0.2) is 45.0 Å². The highest BCUT2D eigenvalue weighted by atomic mass is 16.2. The molecular formula is C23H32N4O3. The van der Waals surface area contributed by atoms with Crippen molar-refractivity contribution in [2.24, 2.45) is 13.0 Å². The normalized spacial score (nSPS) is 18.6. The Morgan fingerprint density at radius 1 is 1.00 bits per heavy atom. The van der Waals surface area contributed by atoms with Crippen molar-refractivity contribution in [3.63, 3.8) is 0 Å². The van der Waals surface area contributed by atoms with Crippen molar-refractivity contribution < 1.29 is 9.59 Å². The predicted molar refractivity (Wildman–Crippen MR) is 116 cm³/mol. The fourth-order valence-electron chi connectivity index (χ4n) is 4.94. The van der Waals surface area contributed by atoms with Crippen molar-refractivity contribution >= 4 is 22.8 Å². The molecule has 1 N–H and O–H groups in total. The van der Waals surface area contributed by atoms with Gasteiger partial charge in [-0.3, -0.25) is 18.7 Å². The average Bonchev–Trinajstić information content (AvgIpc) is 3.03. The number of amides is 2. The summed E-state index contributed by atoms with van der Waals surface area (Å²) in [6.45, 7) is 1.82. The van der Waals surface area contributed by atoms with Crippen molar-refractivity contribution in [3.05, 3.63) is 34.7 Å². The summed E-state index contributed by atoms with van der Waals surface area (Å²) in [5.74, 6) is 0.491. The highest BCUT2D eigenvalue weighted by molar-refractivity contribution is 5.79. The number of piperidine rings is 1. The molecule has 0 atom stereocenters. The molecule has 30 heavy (non-hydrogen) atoms. The van der Waals surface area contributed by atoms with Crippen LogP contribution in [0.15, 0.2) is 29.1 Å². The summed E-state index contributed by atoms with van der Waals surface area (Å²) in [7, 11) is 1.75. The van der Waals surface area contributed by atoms with Crippen molar-refractivity contribution in [1.82, 2.24) is 19.4 Å². The topological polar surface area (TPSA) is 76.3 Å². The van der Waals surface area contributed by atoms with Gasteiger partial charge in [0.2, 0.25) is 11.8 Å². The van der Waals surface area contributed by atoms with E-state index in [4.69, 9.17) is 0 Å². The van der Waals surface area contributed by atoms with E-state index >= 15 is 0 Å². The Labute approximate surface area is 177 Å². The Kier molecular flexibility index (Phi) is 6.25. The second-order valence-corrected chi connectivity index (χ2v) is 8.73. The summed E-state index contributed by atoms with van der Waals surface area (Å²) < 4.78 is 3.28. The van der Waals surface area contributed by atoms with Gasteiger partial charge in [-0.1, -0.05) is 31.4 Å². The first-order chi connectivity index (χ1) is 14.5. The molecule has 7 heteroatoms. The van der Waals surface area contributed by atoms with Crippen LogP contribution in [0.3, 0.4) is 0 Å². The van der Waals surface area contributed by atoms with Gasteiger partial charge < -0.3 is 10.2 Å². The average molecular weight is 413 g/mol. The SMILES string of the molecule is Cn1c(=O)n(CCC(=O)NC2CCN(C(=O)C3CCCCC3)CC2)c2ccccc21. The molecule has 2 amide bonds. The number of carbonyl (C=O) groups is 2. The molecule has 2 heterocycles. The predicted octanol–water partition coefficient (Wildman–Crippen LogP) is 2.42. The van der Waals surface area contributed by atoms with Crippen LogP contribution in [0.25, 0.3) is 11.0 Å². The molecule has 1 aliphatic heterocycles. The Balaban J connectivity index is 1.26. The first-order valence-electron chi connectivity index (χ1n) is 11.3. The van der Waals surface area contributed by atoms with E-state index in [-0.39, 0.29) is 30.0 Å². The Morgan fingerprint density at radius 3 is 2.37 bits per heavy atom. The fourth-order valence-corrected chi connectivity index (χ4v) is 4.94. The van der Waals surface area contributed by atoms with Gasteiger partial charge in [-0.2, -0.15) is 0 Å². The van der Waals surface area contributed by atoms with E-state index in [0.717, 1.165) is 49.8 Å². The number of aryl methyl sites for hydroxylation is 2. The number of likely N-dealkylation sites (tertiary alicyclic amines) is 1. The number of benzene rings is 1. The molecule has 162 valence electrons. The Morgan fingerprint density at radius 2 is 1.67 bits per heavy atom. The second kappa shape index (κ2) is 9.06. The molecule has 1 aromatic carbocycles. The van der Waals surface area contributed by atoms with Gasteiger partial charge in [0.15, 0.2) is 0 Å². The van der Waals surface area contributed by atoms with Gasteiger partial charge in [-0.05, 0) is 37.8 Å². The van der Waals surface area contributed by atoms with Crippen LogP contribution in [-0.2, 0) is 23.2 Å². The van der Waals surface area contributed by atoms with Crippen molar-refractivity contribution in [1.29, 1.82) is 0 Å². The number of para-hydroxylation sites is 2. The third-order valence-electron chi connectivity index (χ3n) is 6.74. The summed E-state index contributed by atoms with van der Waals surface area (Å²) in [5, 5.41) is 3.10. The van der Waals surface area contributed by atoms with Gasteiger partial charge in [0.25, 0.3) is 0 Å². The molecule has 2 aliphatic rings. The molecule has 2 fully saturated rings. The summed E-state index contributed by atoms with van der Waals surface area (Å²) in [4.78, 5) is 39.6. The lowest BCUT2D eigenvalue weighted by molar-refractivity contribution is -0.137. The van der Waals surface area contributed by atoms with E-state index in [9.17, 15) is 14.4 Å². The molecule has 4 rings (SSSR count). The number of aromatic nitrogens is 2. The second-order valence-electron chi connectivity index (χ2n) is 8.73. The van der Waals surface area contributed by atoms with Crippen LogP contribution in [0.4, 0.5) is 0 Å². The quantitative estimate of drug-likeness (QED) is 0.819. The zero-order chi connectivity index (χ0) is 21.1. The minimum Gasteiger partial charge on any atom is -0.353 e. The Hall–Kier alpha value is -2.57. The fraction of sp³-hybridized carbons (Fsp3) is 0.609. The third kappa shape index (κ3) is 4.30. The summed E-state index contributed by atoms with van der Waals surface area (Å²) in [6.07, 6.45) is 7.53. The zero-order valence-corrected chi connectivity index (χ0v) is 17.8.